The highest BCUT2D eigenvalue weighted by Gasteiger charge is 2.29. The molecule has 1 aliphatic heterocycles. The monoisotopic (exact) mass is 356 g/mol. The number of hydrogen-bond acceptors (Lipinski definition) is 7. The average molecular weight is 357 g/mol. The summed E-state index contributed by atoms with van der Waals surface area (Å²) in [6.45, 7) is 3.46. The summed E-state index contributed by atoms with van der Waals surface area (Å²) in [5.41, 5.74) is 7.55. The number of halogens is 1. The lowest BCUT2D eigenvalue weighted by Gasteiger charge is -2.19. The maximum Gasteiger partial charge on any atom is 0.231 e. The molecule has 25 heavy (non-hydrogen) atoms. The van der Waals surface area contributed by atoms with Gasteiger partial charge in [0, 0.05) is 19.3 Å². The second kappa shape index (κ2) is 6.33. The zero-order chi connectivity index (χ0) is 17.4. The molecule has 4 rings (SSSR count). The standard InChI is InChI=1S/C17H17ClN6O/c1-10-20-8-12(15(19)21-10)16-22-17(25-23-16)11-6-7-24(9-11)14-5-3-2-4-13(14)18/h2-5,8,11H,6-7,9H2,1H3,(H2,19,20,21). The molecule has 1 aliphatic rings. The third-order valence-electron chi connectivity index (χ3n) is 4.35. The molecule has 1 unspecified atom stereocenters. The molecule has 3 aromatic rings. The first-order valence-electron chi connectivity index (χ1n) is 8.04. The Kier molecular flexibility index (Phi) is 4.01. The molecule has 0 bridgehead atoms. The van der Waals surface area contributed by atoms with Crippen molar-refractivity contribution in [2.75, 3.05) is 23.7 Å². The van der Waals surface area contributed by atoms with E-state index in [0.717, 1.165) is 30.2 Å². The van der Waals surface area contributed by atoms with E-state index in [1.165, 1.54) is 0 Å². The van der Waals surface area contributed by atoms with E-state index in [2.05, 4.69) is 25.0 Å². The van der Waals surface area contributed by atoms with Gasteiger partial charge in [-0.3, -0.25) is 0 Å². The van der Waals surface area contributed by atoms with Gasteiger partial charge in [-0.05, 0) is 25.5 Å². The van der Waals surface area contributed by atoms with Gasteiger partial charge < -0.3 is 15.2 Å². The minimum absolute atomic E-state index is 0.158. The summed E-state index contributed by atoms with van der Waals surface area (Å²) < 4.78 is 5.47. The largest absolute Gasteiger partial charge is 0.383 e. The van der Waals surface area contributed by atoms with Gasteiger partial charge in [0.25, 0.3) is 0 Å². The van der Waals surface area contributed by atoms with Crippen LogP contribution in [-0.2, 0) is 0 Å². The van der Waals surface area contributed by atoms with Crippen molar-refractivity contribution in [1.29, 1.82) is 0 Å². The summed E-state index contributed by atoms with van der Waals surface area (Å²) in [5, 5.41) is 4.80. The molecular weight excluding hydrogens is 340 g/mol. The van der Waals surface area contributed by atoms with Gasteiger partial charge in [0.1, 0.15) is 11.6 Å². The van der Waals surface area contributed by atoms with E-state index in [9.17, 15) is 0 Å². The van der Waals surface area contributed by atoms with Gasteiger partial charge in [-0.2, -0.15) is 4.98 Å². The van der Waals surface area contributed by atoms with Crippen molar-refractivity contribution in [1.82, 2.24) is 20.1 Å². The molecule has 2 aromatic heterocycles. The Morgan fingerprint density at radius 3 is 2.92 bits per heavy atom. The summed E-state index contributed by atoms with van der Waals surface area (Å²) in [6.07, 6.45) is 2.55. The van der Waals surface area contributed by atoms with Gasteiger partial charge in [0.2, 0.25) is 11.7 Å². The number of nitrogen functional groups attached to an aromatic ring is 1. The Labute approximate surface area is 149 Å². The molecule has 1 saturated heterocycles. The number of anilines is 2. The predicted octanol–water partition coefficient (Wildman–Crippen LogP) is 3.06. The zero-order valence-corrected chi connectivity index (χ0v) is 14.4. The molecule has 128 valence electrons. The lowest BCUT2D eigenvalue weighted by Crippen LogP contribution is -2.19. The van der Waals surface area contributed by atoms with Gasteiger partial charge in [0.15, 0.2) is 0 Å². The van der Waals surface area contributed by atoms with E-state index in [-0.39, 0.29) is 5.92 Å². The highest BCUT2D eigenvalue weighted by Crippen LogP contribution is 2.34. The fraction of sp³-hybridized carbons (Fsp3) is 0.294. The molecule has 0 saturated carbocycles. The average Bonchev–Trinajstić information content (AvgIpc) is 3.24. The molecule has 0 amide bonds. The van der Waals surface area contributed by atoms with Crippen LogP contribution in [0.3, 0.4) is 0 Å². The SMILES string of the molecule is Cc1ncc(-c2noc(C3CCN(c4ccccc4Cl)C3)n2)c(N)n1. The van der Waals surface area contributed by atoms with E-state index in [1.807, 2.05) is 24.3 Å². The molecule has 7 nitrogen and oxygen atoms in total. The minimum atomic E-state index is 0.158. The molecule has 2 N–H and O–H groups in total. The number of para-hydroxylation sites is 1. The van der Waals surface area contributed by atoms with Gasteiger partial charge >= 0.3 is 0 Å². The molecule has 1 fully saturated rings. The first kappa shape index (κ1) is 15.8. The predicted molar refractivity (Wildman–Crippen MR) is 95.5 cm³/mol. The second-order valence-corrected chi connectivity index (χ2v) is 6.46. The van der Waals surface area contributed by atoms with Crippen LogP contribution in [0.5, 0.6) is 0 Å². The summed E-state index contributed by atoms with van der Waals surface area (Å²) in [7, 11) is 0. The number of nitrogens with zero attached hydrogens (tertiary/aromatic N) is 5. The van der Waals surface area contributed by atoms with Crippen LogP contribution >= 0.6 is 11.6 Å². The highest BCUT2D eigenvalue weighted by atomic mass is 35.5. The Balaban J connectivity index is 1.54. The van der Waals surface area contributed by atoms with Crippen molar-refractivity contribution < 1.29 is 4.52 Å². The smallest absolute Gasteiger partial charge is 0.231 e. The van der Waals surface area contributed by atoms with E-state index in [0.29, 0.717) is 28.9 Å². The number of aryl methyl sites for hydroxylation is 1. The fourth-order valence-corrected chi connectivity index (χ4v) is 3.31. The van der Waals surface area contributed by atoms with E-state index in [4.69, 9.17) is 21.9 Å². The highest BCUT2D eigenvalue weighted by molar-refractivity contribution is 6.33. The van der Waals surface area contributed by atoms with Crippen molar-refractivity contribution in [3.05, 3.63) is 47.2 Å². The lowest BCUT2D eigenvalue weighted by molar-refractivity contribution is 0.360. The van der Waals surface area contributed by atoms with E-state index in [1.54, 1.807) is 13.1 Å². The zero-order valence-electron chi connectivity index (χ0n) is 13.7. The maximum atomic E-state index is 6.29. The first-order valence-corrected chi connectivity index (χ1v) is 8.42. The summed E-state index contributed by atoms with van der Waals surface area (Å²) in [5.74, 6) is 2.14. The van der Waals surface area contributed by atoms with Crippen LogP contribution in [-0.4, -0.2) is 33.2 Å². The van der Waals surface area contributed by atoms with Crippen molar-refractivity contribution in [3.8, 4) is 11.4 Å². The Morgan fingerprint density at radius 2 is 2.12 bits per heavy atom. The summed E-state index contributed by atoms with van der Waals surface area (Å²) in [4.78, 5) is 15.0. The quantitative estimate of drug-likeness (QED) is 0.770. The topological polar surface area (TPSA) is 94.0 Å². The number of benzene rings is 1. The second-order valence-electron chi connectivity index (χ2n) is 6.06. The van der Waals surface area contributed by atoms with Gasteiger partial charge in [-0.1, -0.05) is 28.9 Å². The van der Waals surface area contributed by atoms with Gasteiger partial charge in [0.05, 0.1) is 22.2 Å². The van der Waals surface area contributed by atoms with Crippen LogP contribution < -0.4 is 10.6 Å². The maximum absolute atomic E-state index is 6.29. The van der Waals surface area contributed by atoms with Gasteiger partial charge in [-0.25, -0.2) is 9.97 Å². The van der Waals surface area contributed by atoms with Crippen molar-refractivity contribution >= 4 is 23.1 Å². The molecule has 1 atom stereocenters. The van der Waals surface area contributed by atoms with Crippen LogP contribution in [0.1, 0.15) is 24.1 Å². The van der Waals surface area contributed by atoms with Crippen molar-refractivity contribution in [3.63, 3.8) is 0 Å². The minimum Gasteiger partial charge on any atom is -0.383 e. The molecule has 0 aliphatic carbocycles. The van der Waals surface area contributed by atoms with E-state index < -0.39 is 0 Å². The summed E-state index contributed by atoms with van der Waals surface area (Å²) >= 11 is 6.29. The normalized spacial score (nSPS) is 17.2. The van der Waals surface area contributed by atoms with Crippen LogP contribution in [0.4, 0.5) is 11.5 Å². The van der Waals surface area contributed by atoms with Gasteiger partial charge in [-0.15, -0.1) is 0 Å². The molecule has 8 heteroatoms. The lowest BCUT2D eigenvalue weighted by atomic mass is 10.1. The molecule has 1 aromatic carbocycles. The van der Waals surface area contributed by atoms with Crippen molar-refractivity contribution in [2.45, 2.75) is 19.3 Å². The fourth-order valence-electron chi connectivity index (χ4n) is 3.06. The Morgan fingerprint density at radius 1 is 1.28 bits per heavy atom. The Hall–Kier alpha value is -2.67. The number of nitrogens with two attached hydrogens (primary N) is 1. The summed E-state index contributed by atoms with van der Waals surface area (Å²) in [6, 6.07) is 7.83. The molecule has 3 heterocycles. The van der Waals surface area contributed by atoms with Crippen LogP contribution in [0, 0.1) is 6.92 Å². The number of hydrogen-bond donors (Lipinski definition) is 1. The molecule has 0 radical (unpaired) electrons. The van der Waals surface area contributed by atoms with Crippen LogP contribution in [0.25, 0.3) is 11.4 Å². The van der Waals surface area contributed by atoms with E-state index >= 15 is 0 Å². The number of aromatic nitrogens is 4. The third-order valence-corrected chi connectivity index (χ3v) is 4.67. The van der Waals surface area contributed by atoms with Crippen LogP contribution in [0.2, 0.25) is 5.02 Å². The first-order chi connectivity index (χ1) is 12.1. The molecule has 0 spiro atoms. The molecular formula is C17H17ClN6O. The Bertz CT molecular complexity index is 912. The van der Waals surface area contributed by atoms with Crippen molar-refractivity contribution in [2.24, 2.45) is 0 Å². The van der Waals surface area contributed by atoms with Crippen LogP contribution in [0.15, 0.2) is 35.0 Å². The number of rotatable bonds is 3. The third kappa shape index (κ3) is 3.02.